The van der Waals surface area contributed by atoms with Crippen LogP contribution in [0, 0.1) is 45.3 Å². The molecule has 0 aliphatic carbocycles. The number of para-hydroxylation sites is 2. The Balaban J connectivity index is 1.35. The van der Waals surface area contributed by atoms with E-state index < -0.39 is 11.7 Å². The molecule has 0 aliphatic heterocycles. The van der Waals surface area contributed by atoms with Crippen LogP contribution in [0.4, 0.5) is 13.2 Å². The molecular formula is C53H27F3N6. The summed E-state index contributed by atoms with van der Waals surface area (Å²) in [6, 6.07) is 57.3. The summed E-state index contributed by atoms with van der Waals surface area (Å²) in [5, 5.41) is 44.1. The monoisotopic (exact) mass is 804 g/mol. The van der Waals surface area contributed by atoms with Gasteiger partial charge < -0.3 is 9.13 Å². The number of fused-ring (bicyclic) bond motifs is 6. The highest BCUT2D eigenvalue weighted by Crippen LogP contribution is 2.45. The summed E-state index contributed by atoms with van der Waals surface area (Å²) in [7, 11) is 0. The molecule has 9 heteroatoms. The van der Waals surface area contributed by atoms with Gasteiger partial charge in [0.2, 0.25) is 0 Å². The van der Waals surface area contributed by atoms with Crippen molar-refractivity contribution < 1.29 is 13.2 Å². The van der Waals surface area contributed by atoms with E-state index in [1.807, 2.05) is 137 Å². The SMILES string of the molecule is N#Cc1cc(-c2c(-n3c4ccccc4c4cc(-c5ccccc5C#N)ccc43)cc(C#N)cc2-n2c3ccccc3c3cc(-c4ccccc4C#N)ccc32)cc(C(F)(F)F)c1. The van der Waals surface area contributed by atoms with Crippen LogP contribution >= 0.6 is 0 Å². The Morgan fingerprint density at radius 1 is 0.387 bits per heavy atom. The van der Waals surface area contributed by atoms with Gasteiger partial charge in [-0.2, -0.15) is 34.2 Å². The second-order valence-electron chi connectivity index (χ2n) is 14.9. The zero-order valence-corrected chi connectivity index (χ0v) is 32.4. The summed E-state index contributed by atoms with van der Waals surface area (Å²) in [5.74, 6) is 0. The van der Waals surface area contributed by atoms with Crippen LogP contribution in [0.15, 0.2) is 164 Å². The molecule has 6 nitrogen and oxygen atoms in total. The van der Waals surface area contributed by atoms with Crippen molar-refractivity contribution in [1.82, 2.24) is 9.13 Å². The Bertz CT molecular complexity index is 3500. The van der Waals surface area contributed by atoms with Crippen molar-refractivity contribution in [3.8, 4) is 69.0 Å². The molecule has 0 unspecified atom stereocenters. The third-order valence-electron chi connectivity index (χ3n) is 11.4. The maximum absolute atomic E-state index is 14.8. The van der Waals surface area contributed by atoms with Gasteiger partial charge in [-0.1, -0.05) is 84.9 Å². The lowest BCUT2D eigenvalue weighted by molar-refractivity contribution is -0.137. The third-order valence-corrected chi connectivity index (χ3v) is 11.4. The quantitative estimate of drug-likeness (QED) is 0.173. The van der Waals surface area contributed by atoms with Gasteiger partial charge in [-0.15, -0.1) is 0 Å². The molecule has 0 aliphatic rings. The summed E-state index contributed by atoms with van der Waals surface area (Å²) in [5.41, 5.74) is 7.42. The second-order valence-corrected chi connectivity index (χ2v) is 14.9. The summed E-state index contributed by atoms with van der Waals surface area (Å²) >= 11 is 0. The first-order valence-corrected chi connectivity index (χ1v) is 19.5. The van der Waals surface area contributed by atoms with Crippen molar-refractivity contribution in [3.05, 3.63) is 192 Å². The fourth-order valence-corrected chi connectivity index (χ4v) is 8.79. The minimum Gasteiger partial charge on any atom is -0.308 e. The Kier molecular flexibility index (Phi) is 8.70. The van der Waals surface area contributed by atoms with Crippen molar-refractivity contribution in [2.24, 2.45) is 0 Å². The topological polar surface area (TPSA) is 105 Å². The highest BCUT2D eigenvalue weighted by molar-refractivity contribution is 6.13. The number of aromatic nitrogens is 2. The Morgan fingerprint density at radius 2 is 0.823 bits per heavy atom. The van der Waals surface area contributed by atoms with E-state index in [2.05, 4.69) is 18.2 Å². The van der Waals surface area contributed by atoms with E-state index >= 15 is 0 Å². The molecular weight excluding hydrogens is 778 g/mol. The van der Waals surface area contributed by atoms with E-state index in [4.69, 9.17) is 0 Å². The first-order valence-electron chi connectivity index (χ1n) is 19.5. The molecule has 290 valence electrons. The number of benzene rings is 8. The van der Waals surface area contributed by atoms with Gasteiger partial charge in [0.15, 0.2) is 0 Å². The van der Waals surface area contributed by atoms with Gasteiger partial charge in [-0.05, 0) is 107 Å². The van der Waals surface area contributed by atoms with E-state index in [9.17, 15) is 34.2 Å². The predicted molar refractivity (Wildman–Crippen MR) is 235 cm³/mol. The van der Waals surface area contributed by atoms with Crippen LogP contribution in [0.1, 0.15) is 27.8 Å². The molecule has 2 aromatic heterocycles. The van der Waals surface area contributed by atoms with Crippen LogP contribution in [0.25, 0.3) is 88.4 Å². The van der Waals surface area contributed by atoms with Gasteiger partial charge in [0.25, 0.3) is 0 Å². The summed E-state index contributed by atoms with van der Waals surface area (Å²) < 4.78 is 48.2. The number of alkyl halides is 3. The van der Waals surface area contributed by atoms with E-state index in [0.717, 1.165) is 67.0 Å². The van der Waals surface area contributed by atoms with Crippen LogP contribution in [0.5, 0.6) is 0 Å². The average molecular weight is 805 g/mol. The molecule has 0 fully saturated rings. The first kappa shape index (κ1) is 37.4. The zero-order valence-electron chi connectivity index (χ0n) is 32.4. The normalized spacial score (nSPS) is 11.4. The number of nitrogens with zero attached hydrogens (tertiary/aromatic N) is 6. The lowest BCUT2D eigenvalue weighted by atomic mass is 9.94. The fraction of sp³-hybridized carbons (Fsp3) is 0.0189. The second kappa shape index (κ2) is 14.4. The first-order chi connectivity index (χ1) is 30.2. The van der Waals surface area contributed by atoms with Crippen LogP contribution in [-0.4, -0.2) is 9.13 Å². The molecule has 62 heavy (non-hydrogen) atoms. The van der Waals surface area contributed by atoms with Crippen LogP contribution in [-0.2, 0) is 6.18 Å². The largest absolute Gasteiger partial charge is 0.416 e. The maximum atomic E-state index is 14.8. The van der Waals surface area contributed by atoms with Crippen molar-refractivity contribution in [1.29, 1.82) is 21.0 Å². The van der Waals surface area contributed by atoms with Gasteiger partial charge in [-0.25, -0.2) is 0 Å². The smallest absolute Gasteiger partial charge is 0.308 e. The molecule has 0 spiro atoms. The Morgan fingerprint density at radius 3 is 1.29 bits per heavy atom. The van der Waals surface area contributed by atoms with Crippen molar-refractivity contribution in [2.45, 2.75) is 6.18 Å². The Labute approximate surface area is 352 Å². The highest BCUT2D eigenvalue weighted by Gasteiger charge is 2.33. The van der Waals surface area contributed by atoms with Crippen LogP contribution < -0.4 is 0 Å². The molecule has 0 bridgehead atoms. The standard InChI is InChI=1S/C53H27F3N6/c54-53(55,56)39-22-32(28-57)21-38(25-39)52-50(61-46-15-7-5-13-42(46)44-26-34(17-19-48(44)61)40-11-3-1-9-36(40)30-59)23-33(29-58)24-51(52)62-47-16-8-6-14-43(47)45-27-35(18-20-49(45)62)41-12-4-2-10-37(41)31-60/h1-27H. The third kappa shape index (κ3) is 5.93. The molecule has 0 radical (unpaired) electrons. The lowest BCUT2D eigenvalue weighted by Gasteiger charge is -2.22. The molecule has 0 atom stereocenters. The lowest BCUT2D eigenvalue weighted by Crippen LogP contribution is -2.08. The predicted octanol–water partition coefficient (Wildman–Crippen LogP) is 13.4. The van der Waals surface area contributed by atoms with E-state index in [-0.39, 0.29) is 16.7 Å². The highest BCUT2D eigenvalue weighted by atomic mass is 19.4. The van der Waals surface area contributed by atoms with Crippen molar-refractivity contribution in [2.75, 3.05) is 0 Å². The van der Waals surface area contributed by atoms with Crippen molar-refractivity contribution >= 4 is 43.6 Å². The molecule has 10 rings (SSSR count). The number of hydrogen-bond acceptors (Lipinski definition) is 4. The fourth-order valence-electron chi connectivity index (χ4n) is 8.79. The van der Waals surface area contributed by atoms with E-state index in [0.29, 0.717) is 39.1 Å². The van der Waals surface area contributed by atoms with Gasteiger partial charge >= 0.3 is 6.18 Å². The van der Waals surface area contributed by atoms with Gasteiger partial charge in [0.1, 0.15) is 0 Å². The molecule has 8 aromatic carbocycles. The molecule has 0 amide bonds. The molecule has 0 saturated carbocycles. The van der Waals surface area contributed by atoms with Crippen LogP contribution in [0.3, 0.4) is 0 Å². The Hall–Kier alpha value is -8.89. The molecule has 2 heterocycles. The minimum absolute atomic E-state index is 0.127. The molecule has 0 N–H and O–H groups in total. The van der Waals surface area contributed by atoms with Gasteiger partial charge in [0, 0.05) is 27.1 Å². The van der Waals surface area contributed by atoms with E-state index in [1.54, 1.807) is 24.3 Å². The number of hydrogen-bond donors (Lipinski definition) is 0. The van der Waals surface area contributed by atoms with Gasteiger partial charge in [-0.3, -0.25) is 0 Å². The minimum atomic E-state index is -4.78. The van der Waals surface area contributed by atoms with Gasteiger partial charge in [0.05, 0.1) is 85.5 Å². The summed E-state index contributed by atoms with van der Waals surface area (Å²) in [6.07, 6.45) is -4.78. The molecule has 10 aromatic rings. The van der Waals surface area contributed by atoms with Crippen molar-refractivity contribution in [3.63, 3.8) is 0 Å². The summed E-state index contributed by atoms with van der Waals surface area (Å²) in [4.78, 5) is 0. The van der Waals surface area contributed by atoms with E-state index in [1.165, 1.54) is 6.07 Å². The zero-order chi connectivity index (χ0) is 42.7. The van der Waals surface area contributed by atoms with Crippen LogP contribution in [0.2, 0.25) is 0 Å². The number of rotatable bonds is 5. The number of nitriles is 4. The average Bonchev–Trinajstić information content (AvgIpc) is 3.82. The summed E-state index contributed by atoms with van der Waals surface area (Å²) in [6.45, 7) is 0. The number of halogens is 3. The maximum Gasteiger partial charge on any atom is 0.416 e. The molecule has 0 saturated heterocycles.